The van der Waals surface area contributed by atoms with Gasteiger partial charge in [-0.1, -0.05) is 26.2 Å². The van der Waals surface area contributed by atoms with E-state index >= 15 is 0 Å². The number of ether oxygens (including phenoxy) is 5. The molecule has 218 valence electrons. The Kier molecular flexibility index (Phi) is 11.3. The van der Waals surface area contributed by atoms with Crippen LogP contribution in [0.3, 0.4) is 0 Å². The molecule has 39 heavy (non-hydrogen) atoms. The summed E-state index contributed by atoms with van der Waals surface area (Å²) in [6, 6.07) is 1.55. The van der Waals surface area contributed by atoms with E-state index in [0.717, 1.165) is 32.1 Å². The van der Waals surface area contributed by atoms with Gasteiger partial charge in [-0.2, -0.15) is 0 Å². The van der Waals surface area contributed by atoms with Gasteiger partial charge in [-0.25, -0.2) is 4.79 Å². The van der Waals surface area contributed by atoms with Gasteiger partial charge in [0.1, 0.15) is 18.7 Å². The molecule has 10 heteroatoms. The minimum atomic E-state index is -0.687. The lowest BCUT2D eigenvalue weighted by atomic mass is 9.84. The Balaban J connectivity index is 1.78. The van der Waals surface area contributed by atoms with Gasteiger partial charge in [-0.15, -0.1) is 0 Å². The van der Waals surface area contributed by atoms with Crippen molar-refractivity contribution in [2.24, 2.45) is 5.92 Å². The van der Waals surface area contributed by atoms with Gasteiger partial charge in [0.05, 0.1) is 34.0 Å². The number of carbonyl (C=O) groups is 3. The molecule has 1 aliphatic carbocycles. The Labute approximate surface area is 231 Å². The SMILES string of the molecule is CCCC(NC(C)C(=O)N1C(C(=O)OCc2ccc(OC)c(OC)c2OC)CC2CCCCC21)C(=O)OCC. The Morgan fingerprint density at radius 3 is 2.36 bits per heavy atom. The number of hydrogen-bond acceptors (Lipinski definition) is 9. The van der Waals surface area contributed by atoms with Gasteiger partial charge < -0.3 is 28.6 Å². The number of amides is 1. The molecule has 5 unspecified atom stereocenters. The molecule has 0 radical (unpaired) electrons. The zero-order valence-electron chi connectivity index (χ0n) is 24.1. The van der Waals surface area contributed by atoms with E-state index in [2.05, 4.69) is 5.32 Å². The third kappa shape index (κ3) is 6.96. The number of rotatable bonds is 13. The summed E-state index contributed by atoms with van der Waals surface area (Å²) in [6.07, 6.45) is 5.82. The molecule has 1 saturated heterocycles. The molecule has 2 fully saturated rings. The van der Waals surface area contributed by atoms with Gasteiger partial charge in [-0.3, -0.25) is 14.9 Å². The van der Waals surface area contributed by atoms with Crippen molar-refractivity contribution in [3.8, 4) is 17.2 Å². The molecule has 1 amide bonds. The van der Waals surface area contributed by atoms with Gasteiger partial charge in [0.25, 0.3) is 0 Å². The summed E-state index contributed by atoms with van der Waals surface area (Å²) in [5, 5.41) is 3.17. The van der Waals surface area contributed by atoms with Crippen molar-refractivity contribution in [2.45, 2.75) is 96.5 Å². The van der Waals surface area contributed by atoms with E-state index in [9.17, 15) is 14.4 Å². The van der Waals surface area contributed by atoms with E-state index in [-0.39, 0.29) is 37.0 Å². The fourth-order valence-corrected chi connectivity index (χ4v) is 5.91. The Morgan fingerprint density at radius 2 is 1.72 bits per heavy atom. The van der Waals surface area contributed by atoms with Crippen LogP contribution in [0.2, 0.25) is 0 Å². The first-order valence-electron chi connectivity index (χ1n) is 14.0. The molecule has 1 aliphatic heterocycles. The summed E-state index contributed by atoms with van der Waals surface area (Å²) in [5.41, 5.74) is 0.628. The van der Waals surface area contributed by atoms with Crippen LogP contribution in [0.4, 0.5) is 0 Å². The summed E-state index contributed by atoms with van der Waals surface area (Å²) >= 11 is 0. The Hall–Kier alpha value is -3.01. The summed E-state index contributed by atoms with van der Waals surface area (Å²) in [4.78, 5) is 41.5. The highest BCUT2D eigenvalue weighted by Crippen LogP contribution is 2.42. The van der Waals surface area contributed by atoms with Crippen LogP contribution in [0, 0.1) is 5.92 Å². The number of likely N-dealkylation sites (tertiary alicyclic amines) is 1. The van der Waals surface area contributed by atoms with Gasteiger partial charge in [-0.05, 0) is 57.6 Å². The minimum absolute atomic E-state index is 0.0177. The second kappa shape index (κ2) is 14.4. The number of methoxy groups -OCH3 is 3. The van der Waals surface area contributed by atoms with Crippen LogP contribution < -0.4 is 19.5 Å². The van der Waals surface area contributed by atoms with E-state index in [4.69, 9.17) is 23.7 Å². The Morgan fingerprint density at radius 1 is 1.00 bits per heavy atom. The van der Waals surface area contributed by atoms with Crippen LogP contribution in [0.25, 0.3) is 0 Å². The summed E-state index contributed by atoms with van der Waals surface area (Å²) in [6.45, 7) is 5.73. The molecule has 0 aromatic heterocycles. The average Bonchev–Trinajstić information content (AvgIpc) is 3.34. The van der Waals surface area contributed by atoms with Crippen LogP contribution in [-0.4, -0.2) is 74.8 Å². The first-order valence-corrected chi connectivity index (χ1v) is 14.0. The fourth-order valence-electron chi connectivity index (χ4n) is 5.91. The molecule has 10 nitrogen and oxygen atoms in total. The quantitative estimate of drug-likeness (QED) is 0.369. The third-order valence-electron chi connectivity index (χ3n) is 7.74. The maximum absolute atomic E-state index is 13.8. The lowest BCUT2D eigenvalue weighted by Gasteiger charge is -2.35. The van der Waals surface area contributed by atoms with E-state index in [1.54, 1.807) is 30.9 Å². The lowest BCUT2D eigenvalue weighted by Crippen LogP contribution is -2.55. The zero-order chi connectivity index (χ0) is 28.5. The molecule has 2 aliphatic rings. The molecular weight excluding hydrogens is 504 g/mol. The van der Waals surface area contributed by atoms with Crippen LogP contribution in [0.5, 0.6) is 17.2 Å². The molecular formula is C29H44N2O8. The first-order chi connectivity index (χ1) is 18.8. The number of nitrogens with one attached hydrogen (secondary N) is 1. The van der Waals surface area contributed by atoms with E-state index < -0.39 is 24.1 Å². The average molecular weight is 549 g/mol. The second-order valence-electron chi connectivity index (χ2n) is 10.2. The molecule has 1 heterocycles. The highest BCUT2D eigenvalue weighted by Gasteiger charge is 2.49. The molecule has 0 spiro atoms. The molecule has 5 atom stereocenters. The zero-order valence-corrected chi connectivity index (χ0v) is 24.1. The summed E-state index contributed by atoms with van der Waals surface area (Å²) < 4.78 is 27.3. The van der Waals surface area contributed by atoms with Crippen molar-refractivity contribution in [1.29, 1.82) is 0 Å². The highest BCUT2D eigenvalue weighted by molar-refractivity contribution is 5.89. The molecule has 1 aromatic carbocycles. The number of hydrogen-bond donors (Lipinski definition) is 1. The minimum Gasteiger partial charge on any atom is -0.493 e. The number of fused-ring (bicyclic) bond motifs is 1. The largest absolute Gasteiger partial charge is 0.493 e. The predicted octanol–water partition coefficient (Wildman–Crippen LogP) is 3.63. The number of carbonyl (C=O) groups excluding carboxylic acids is 3. The lowest BCUT2D eigenvalue weighted by molar-refractivity contribution is -0.157. The smallest absolute Gasteiger partial charge is 0.329 e. The van der Waals surface area contributed by atoms with Crippen molar-refractivity contribution < 1.29 is 38.1 Å². The van der Waals surface area contributed by atoms with Crippen molar-refractivity contribution >= 4 is 17.8 Å². The third-order valence-corrected chi connectivity index (χ3v) is 7.74. The summed E-state index contributed by atoms with van der Waals surface area (Å²) in [5.74, 6) is 0.594. The van der Waals surface area contributed by atoms with E-state index in [1.165, 1.54) is 21.3 Å². The normalized spacial score (nSPS) is 21.9. The molecule has 1 saturated carbocycles. The van der Waals surface area contributed by atoms with Gasteiger partial charge in [0, 0.05) is 11.6 Å². The predicted molar refractivity (Wildman–Crippen MR) is 145 cm³/mol. The second-order valence-corrected chi connectivity index (χ2v) is 10.2. The van der Waals surface area contributed by atoms with Crippen LogP contribution in [0.1, 0.15) is 71.3 Å². The van der Waals surface area contributed by atoms with Crippen LogP contribution in [-0.2, 0) is 30.5 Å². The molecule has 3 rings (SSSR count). The molecule has 0 bridgehead atoms. The van der Waals surface area contributed by atoms with Gasteiger partial charge >= 0.3 is 11.9 Å². The van der Waals surface area contributed by atoms with Crippen molar-refractivity contribution in [2.75, 3.05) is 27.9 Å². The van der Waals surface area contributed by atoms with Crippen molar-refractivity contribution in [3.05, 3.63) is 17.7 Å². The van der Waals surface area contributed by atoms with E-state index in [0.29, 0.717) is 35.7 Å². The number of esters is 2. The monoisotopic (exact) mass is 548 g/mol. The maximum Gasteiger partial charge on any atom is 0.329 e. The Bertz CT molecular complexity index is 1000. The summed E-state index contributed by atoms with van der Waals surface area (Å²) in [7, 11) is 4.57. The fraction of sp³-hybridized carbons (Fsp3) is 0.690. The first kappa shape index (κ1) is 30.5. The van der Waals surface area contributed by atoms with Gasteiger partial charge in [0.2, 0.25) is 11.7 Å². The topological polar surface area (TPSA) is 113 Å². The van der Waals surface area contributed by atoms with Crippen molar-refractivity contribution in [3.63, 3.8) is 0 Å². The van der Waals surface area contributed by atoms with Gasteiger partial charge in [0.15, 0.2) is 11.5 Å². The maximum atomic E-state index is 13.8. The van der Waals surface area contributed by atoms with Crippen LogP contribution in [0.15, 0.2) is 12.1 Å². The van der Waals surface area contributed by atoms with Crippen molar-refractivity contribution in [1.82, 2.24) is 10.2 Å². The molecule has 1 N–H and O–H groups in total. The number of benzene rings is 1. The standard InChI is InChI=1S/C29H44N2O8/c1-7-11-21(28(33)38-8-2)30-18(3)27(32)31-22-13-10-9-12-19(22)16-23(31)29(34)39-17-20-14-15-24(35-4)26(37-6)25(20)36-5/h14-15,18-19,21-23,30H,7-13,16-17H2,1-6H3. The highest BCUT2D eigenvalue weighted by atomic mass is 16.5. The van der Waals surface area contributed by atoms with E-state index in [1.807, 2.05) is 6.92 Å². The molecule has 1 aromatic rings. The number of nitrogens with zero attached hydrogens (tertiary/aromatic N) is 1. The van der Waals surface area contributed by atoms with Crippen LogP contribution >= 0.6 is 0 Å².